The van der Waals surface area contributed by atoms with E-state index in [0.29, 0.717) is 24.7 Å². The van der Waals surface area contributed by atoms with E-state index >= 15 is 0 Å². The molecule has 4 heteroatoms. The highest BCUT2D eigenvalue weighted by Crippen LogP contribution is 2.31. The van der Waals surface area contributed by atoms with Gasteiger partial charge < -0.3 is 14.5 Å². The number of halogens is 1. The van der Waals surface area contributed by atoms with Gasteiger partial charge in [0.25, 0.3) is 0 Å². The van der Waals surface area contributed by atoms with Crippen LogP contribution in [0, 0.1) is 18.7 Å². The van der Waals surface area contributed by atoms with Gasteiger partial charge in [0.2, 0.25) is 0 Å². The fourth-order valence-corrected chi connectivity index (χ4v) is 2.37. The minimum atomic E-state index is -0.321. The van der Waals surface area contributed by atoms with Crippen molar-refractivity contribution in [3.63, 3.8) is 0 Å². The Kier molecular flexibility index (Phi) is 4.78. The van der Waals surface area contributed by atoms with Gasteiger partial charge in [-0.15, -0.1) is 0 Å². The van der Waals surface area contributed by atoms with Gasteiger partial charge in [-0.25, -0.2) is 4.39 Å². The van der Waals surface area contributed by atoms with E-state index in [-0.39, 0.29) is 5.82 Å². The predicted molar refractivity (Wildman–Crippen MR) is 78.2 cm³/mol. The van der Waals surface area contributed by atoms with Crippen LogP contribution in [-0.4, -0.2) is 13.7 Å². The van der Waals surface area contributed by atoms with E-state index in [1.165, 1.54) is 6.07 Å². The molecule has 0 bridgehead atoms. The molecule has 2 rings (SSSR count). The highest BCUT2D eigenvalue weighted by Gasteiger charge is 2.18. The third-order valence-electron chi connectivity index (χ3n) is 3.31. The topological polar surface area (TPSA) is 34.4 Å². The fraction of sp³-hybridized carbons (Fsp3) is 0.500. The van der Waals surface area contributed by atoms with Crippen LogP contribution in [0.3, 0.4) is 0 Å². The first-order chi connectivity index (χ1) is 9.54. The second kappa shape index (κ2) is 6.37. The van der Waals surface area contributed by atoms with E-state index in [1.54, 1.807) is 13.2 Å². The molecule has 0 atom stereocenters. The molecule has 0 aliphatic rings. The Hall–Kier alpha value is -1.39. The molecule has 0 aliphatic carbocycles. The van der Waals surface area contributed by atoms with Gasteiger partial charge in [-0.3, -0.25) is 0 Å². The van der Waals surface area contributed by atoms with Crippen molar-refractivity contribution in [2.75, 3.05) is 13.7 Å². The van der Waals surface area contributed by atoms with E-state index in [1.807, 2.05) is 6.92 Å². The van der Waals surface area contributed by atoms with Gasteiger partial charge in [0.05, 0.1) is 13.2 Å². The number of ether oxygens (including phenoxy) is 1. The van der Waals surface area contributed by atoms with Gasteiger partial charge in [-0.2, -0.15) is 0 Å². The number of furan rings is 1. The summed E-state index contributed by atoms with van der Waals surface area (Å²) in [5, 5.41) is 4.17. The summed E-state index contributed by atoms with van der Waals surface area (Å²) in [7, 11) is 1.64. The number of methoxy groups -OCH3 is 1. The van der Waals surface area contributed by atoms with Crippen molar-refractivity contribution in [3.8, 4) is 0 Å². The van der Waals surface area contributed by atoms with Crippen LogP contribution in [-0.2, 0) is 17.9 Å². The molecule has 3 nitrogen and oxygen atoms in total. The zero-order valence-electron chi connectivity index (χ0n) is 12.5. The highest BCUT2D eigenvalue weighted by atomic mass is 19.1. The number of benzene rings is 1. The standard InChI is InChI=1S/C16H22FNO2/c1-10(2)7-18-8-14-12(9-19-4)15-11(3)5-6-13(17)16(15)20-14/h5-6,10,18H,7-9H2,1-4H3. The Morgan fingerprint density at radius 2 is 2.10 bits per heavy atom. The number of fused-ring (bicyclic) bond motifs is 1. The van der Waals surface area contributed by atoms with E-state index in [4.69, 9.17) is 9.15 Å². The van der Waals surface area contributed by atoms with Crippen LogP contribution in [0.4, 0.5) is 4.39 Å². The van der Waals surface area contributed by atoms with Gasteiger partial charge in [0, 0.05) is 18.1 Å². The van der Waals surface area contributed by atoms with Crippen molar-refractivity contribution in [2.24, 2.45) is 5.92 Å². The Labute approximate surface area is 119 Å². The van der Waals surface area contributed by atoms with Gasteiger partial charge in [0.15, 0.2) is 11.4 Å². The molecule has 0 saturated heterocycles. The molecule has 0 spiro atoms. The minimum absolute atomic E-state index is 0.321. The van der Waals surface area contributed by atoms with E-state index in [9.17, 15) is 4.39 Å². The lowest BCUT2D eigenvalue weighted by Gasteiger charge is -2.07. The van der Waals surface area contributed by atoms with Crippen LogP contribution >= 0.6 is 0 Å². The lowest BCUT2D eigenvalue weighted by molar-refractivity contribution is 0.183. The van der Waals surface area contributed by atoms with E-state index in [0.717, 1.165) is 28.8 Å². The Morgan fingerprint density at radius 1 is 1.35 bits per heavy atom. The van der Waals surface area contributed by atoms with Crippen molar-refractivity contribution in [1.82, 2.24) is 5.32 Å². The summed E-state index contributed by atoms with van der Waals surface area (Å²) in [6.45, 7) is 8.16. The maximum Gasteiger partial charge on any atom is 0.170 e. The molecule has 0 amide bonds. The molecule has 0 fully saturated rings. The monoisotopic (exact) mass is 279 g/mol. The molecule has 1 heterocycles. The van der Waals surface area contributed by atoms with Crippen LogP contribution in [0.15, 0.2) is 16.5 Å². The molecular weight excluding hydrogens is 257 g/mol. The van der Waals surface area contributed by atoms with Crippen LogP contribution in [0.25, 0.3) is 11.0 Å². The summed E-state index contributed by atoms with van der Waals surface area (Å²) in [6, 6.07) is 3.22. The van der Waals surface area contributed by atoms with Crippen LogP contribution < -0.4 is 5.32 Å². The van der Waals surface area contributed by atoms with Crippen molar-refractivity contribution >= 4 is 11.0 Å². The number of hydrogen-bond acceptors (Lipinski definition) is 3. The van der Waals surface area contributed by atoms with Crippen LogP contribution in [0.5, 0.6) is 0 Å². The molecule has 2 aromatic rings. The quantitative estimate of drug-likeness (QED) is 0.874. The highest BCUT2D eigenvalue weighted by molar-refractivity contribution is 5.86. The Bertz CT molecular complexity index is 590. The average molecular weight is 279 g/mol. The first-order valence-corrected chi connectivity index (χ1v) is 6.93. The third-order valence-corrected chi connectivity index (χ3v) is 3.31. The summed E-state index contributed by atoms with van der Waals surface area (Å²) in [6.07, 6.45) is 0. The van der Waals surface area contributed by atoms with E-state index < -0.39 is 0 Å². The lowest BCUT2D eigenvalue weighted by Crippen LogP contribution is -2.19. The second-order valence-corrected chi connectivity index (χ2v) is 5.53. The maximum absolute atomic E-state index is 13.9. The molecule has 0 radical (unpaired) electrons. The van der Waals surface area contributed by atoms with Crippen molar-refractivity contribution in [2.45, 2.75) is 33.9 Å². The molecule has 0 saturated carbocycles. The SMILES string of the molecule is COCc1c(CNCC(C)C)oc2c(F)ccc(C)c12. The normalized spacial score (nSPS) is 11.7. The minimum Gasteiger partial charge on any atom is -0.456 e. The number of hydrogen-bond donors (Lipinski definition) is 1. The van der Waals surface area contributed by atoms with Gasteiger partial charge in [-0.1, -0.05) is 19.9 Å². The predicted octanol–water partition coefficient (Wildman–Crippen LogP) is 3.77. The Balaban J connectivity index is 2.40. The summed E-state index contributed by atoms with van der Waals surface area (Å²) in [5.74, 6) is 0.998. The molecule has 1 N–H and O–H groups in total. The largest absolute Gasteiger partial charge is 0.456 e. The summed E-state index contributed by atoms with van der Waals surface area (Å²) in [4.78, 5) is 0. The molecule has 0 aliphatic heterocycles. The van der Waals surface area contributed by atoms with Crippen molar-refractivity contribution in [1.29, 1.82) is 0 Å². The third kappa shape index (κ3) is 3.02. The van der Waals surface area contributed by atoms with Crippen LogP contribution in [0.2, 0.25) is 0 Å². The van der Waals surface area contributed by atoms with Gasteiger partial charge in [0.1, 0.15) is 5.76 Å². The number of aryl methyl sites for hydroxylation is 1. The molecule has 1 aromatic heterocycles. The van der Waals surface area contributed by atoms with E-state index in [2.05, 4.69) is 19.2 Å². The molecule has 110 valence electrons. The first-order valence-electron chi connectivity index (χ1n) is 6.93. The Morgan fingerprint density at radius 3 is 2.75 bits per heavy atom. The molecular formula is C16H22FNO2. The van der Waals surface area contributed by atoms with Gasteiger partial charge in [-0.05, 0) is 31.0 Å². The molecule has 0 unspecified atom stereocenters. The van der Waals surface area contributed by atoms with Crippen LogP contribution in [0.1, 0.15) is 30.7 Å². The zero-order chi connectivity index (χ0) is 14.7. The second-order valence-electron chi connectivity index (χ2n) is 5.53. The summed E-state index contributed by atoms with van der Waals surface area (Å²) in [5.41, 5.74) is 2.28. The lowest BCUT2D eigenvalue weighted by atomic mass is 10.1. The number of nitrogens with one attached hydrogen (secondary N) is 1. The van der Waals surface area contributed by atoms with Crippen molar-refractivity contribution < 1.29 is 13.5 Å². The number of rotatable bonds is 6. The molecule has 1 aromatic carbocycles. The first kappa shape index (κ1) is 15.0. The summed E-state index contributed by atoms with van der Waals surface area (Å²) < 4.78 is 24.9. The fourth-order valence-electron chi connectivity index (χ4n) is 2.37. The van der Waals surface area contributed by atoms with Gasteiger partial charge >= 0.3 is 0 Å². The maximum atomic E-state index is 13.9. The smallest absolute Gasteiger partial charge is 0.170 e. The van der Waals surface area contributed by atoms with Crippen molar-refractivity contribution in [3.05, 3.63) is 34.8 Å². The average Bonchev–Trinajstić information content (AvgIpc) is 2.75. The zero-order valence-corrected chi connectivity index (χ0v) is 12.5. The molecule has 20 heavy (non-hydrogen) atoms. The summed E-state index contributed by atoms with van der Waals surface area (Å²) >= 11 is 0.